The van der Waals surface area contributed by atoms with Gasteiger partial charge in [-0.2, -0.15) is 0 Å². The SMILES string of the molecule is NC(=O)N1CCC[C@H](C(=O)N2CCC(c3nc4ccc(F)cc4[nH]3)CC2)C1. The van der Waals surface area contributed by atoms with Gasteiger partial charge in [-0.15, -0.1) is 0 Å². The highest BCUT2D eigenvalue weighted by Gasteiger charge is 2.33. The molecule has 27 heavy (non-hydrogen) atoms. The number of nitrogens with two attached hydrogens (primary N) is 1. The van der Waals surface area contributed by atoms with Crippen LogP contribution in [0, 0.1) is 11.7 Å². The number of carbonyl (C=O) groups excluding carboxylic acids is 2. The van der Waals surface area contributed by atoms with Crippen LogP contribution < -0.4 is 5.73 Å². The number of carbonyl (C=O) groups is 2. The van der Waals surface area contributed by atoms with E-state index in [2.05, 4.69) is 9.97 Å². The number of benzene rings is 1. The van der Waals surface area contributed by atoms with Gasteiger partial charge >= 0.3 is 6.03 Å². The second-order valence-corrected chi connectivity index (χ2v) is 7.51. The number of urea groups is 1. The molecule has 2 saturated heterocycles. The van der Waals surface area contributed by atoms with E-state index in [0.717, 1.165) is 37.0 Å². The number of aromatic amines is 1. The molecule has 2 fully saturated rings. The smallest absolute Gasteiger partial charge is 0.314 e. The van der Waals surface area contributed by atoms with E-state index in [0.29, 0.717) is 31.7 Å². The number of amides is 3. The molecule has 3 heterocycles. The van der Waals surface area contributed by atoms with Crippen LogP contribution in [0.2, 0.25) is 0 Å². The van der Waals surface area contributed by atoms with Crippen LogP contribution in [0.25, 0.3) is 11.0 Å². The molecule has 0 saturated carbocycles. The Balaban J connectivity index is 1.38. The van der Waals surface area contributed by atoms with E-state index in [4.69, 9.17) is 5.73 Å². The molecule has 7 nitrogen and oxygen atoms in total. The summed E-state index contributed by atoms with van der Waals surface area (Å²) in [5.74, 6) is 0.775. The molecule has 1 aromatic heterocycles. The zero-order valence-corrected chi connectivity index (χ0v) is 15.2. The quantitative estimate of drug-likeness (QED) is 0.845. The molecule has 2 aromatic rings. The third-order valence-electron chi connectivity index (χ3n) is 5.74. The Kier molecular flexibility index (Phi) is 4.72. The van der Waals surface area contributed by atoms with Crippen molar-refractivity contribution in [2.45, 2.75) is 31.6 Å². The molecule has 0 bridgehead atoms. The predicted octanol–water partition coefficient (Wildman–Crippen LogP) is 2.20. The monoisotopic (exact) mass is 373 g/mol. The molecule has 1 atom stereocenters. The number of H-pyrrole nitrogens is 1. The highest BCUT2D eigenvalue weighted by molar-refractivity contribution is 5.81. The van der Waals surface area contributed by atoms with Crippen LogP contribution >= 0.6 is 0 Å². The summed E-state index contributed by atoms with van der Waals surface area (Å²) in [4.78, 5) is 35.5. The third kappa shape index (κ3) is 3.61. The van der Waals surface area contributed by atoms with E-state index in [-0.39, 0.29) is 23.6 Å². The Morgan fingerprint density at radius 1 is 1.15 bits per heavy atom. The summed E-state index contributed by atoms with van der Waals surface area (Å²) >= 11 is 0. The topological polar surface area (TPSA) is 95.3 Å². The van der Waals surface area contributed by atoms with Crippen LogP contribution in [-0.4, -0.2) is 57.9 Å². The molecule has 1 aromatic carbocycles. The predicted molar refractivity (Wildman–Crippen MR) is 98.5 cm³/mol. The first-order valence-electron chi connectivity index (χ1n) is 9.49. The van der Waals surface area contributed by atoms with Crippen molar-refractivity contribution in [3.63, 3.8) is 0 Å². The van der Waals surface area contributed by atoms with Crippen molar-refractivity contribution in [2.75, 3.05) is 26.2 Å². The van der Waals surface area contributed by atoms with Crippen LogP contribution in [0.1, 0.15) is 37.4 Å². The van der Waals surface area contributed by atoms with Gasteiger partial charge in [0.2, 0.25) is 5.91 Å². The van der Waals surface area contributed by atoms with Crippen molar-refractivity contribution in [3.8, 4) is 0 Å². The van der Waals surface area contributed by atoms with Crippen molar-refractivity contribution < 1.29 is 14.0 Å². The van der Waals surface area contributed by atoms with Crippen LogP contribution in [-0.2, 0) is 4.79 Å². The van der Waals surface area contributed by atoms with E-state index in [1.165, 1.54) is 12.1 Å². The lowest BCUT2D eigenvalue weighted by molar-refractivity contribution is -0.138. The number of primary amides is 1. The van der Waals surface area contributed by atoms with Crippen LogP contribution in [0.5, 0.6) is 0 Å². The summed E-state index contributed by atoms with van der Waals surface area (Å²) in [6, 6.07) is 4.09. The van der Waals surface area contributed by atoms with Gasteiger partial charge in [-0.3, -0.25) is 4.79 Å². The first-order chi connectivity index (χ1) is 13.0. The van der Waals surface area contributed by atoms with E-state index < -0.39 is 6.03 Å². The molecule has 144 valence electrons. The summed E-state index contributed by atoms with van der Waals surface area (Å²) < 4.78 is 13.4. The van der Waals surface area contributed by atoms with Gasteiger partial charge in [-0.1, -0.05) is 0 Å². The van der Waals surface area contributed by atoms with E-state index in [1.54, 1.807) is 11.0 Å². The standard InChI is InChI=1S/C19H24FN5O2/c20-14-3-4-15-16(10-14)23-17(22-15)12-5-8-24(9-6-12)18(26)13-2-1-7-25(11-13)19(21)27/h3-4,10,12-13H,1-2,5-9,11H2,(H2,21,27)(H,22,23)/t13-/m0/s1. The van der Waals surface area contributed by atoms with E-state index in [1.807, 2.05) is 4.90 Å². The molecular weight excluding hydrogens is 349 g/mol. The maximum atomic E-state index is 13.4. The number of piperidine rings is 2. The Bertz CT molecular complexity index is 859. The average Bonchev–Trinajstić information content (AvgIpc) is 3.10. The zero-order valence-electron chi connectivity index (χ0n) is 15.2. The fraction of sp³-hybridized carbons (Fsp3) is 0.526. The third-order valence-corrected chi connectivity index (χ3v) is 5.74. The first-order valence-corrected chi connectivity index (χ1v) is 9.49. The first kappa shape index (κ1) is 17.8. The molecule has 3 N–H and O–H groups in total. The van der Waals surface area contributed by atoms with Gasteiger partial charge in [-0.05, 0) is 43.9 Å². The number of halogens is 1. The van der Waals surface area contributed by atoms with Crippen molar-refractivity contribution in [3.05, 3.63) is 29.8 Å². The van der Waals surface area contributed by atoms with E-state index >= 15 is 0 Å². The maximum Gasteiger partial charge on any atom is 0.314 e. The Morgan fingerprint density at radius 2 is 1.93 bits per heavy atom. The molecule has 0 radical (unpaired) electrons. The van der Waals surface area contributed by atoms with Crippen molar-refractivity contribution >= 4 is 23.0 Å². The number of nitrogens with zero attached hydrogens (tertiary/aromatic N) is 3. The molecule has 0 unspecified atom stereocenters. The Morgan fingerprint density at radius 3 is 2.67 bits per heavy atom. The second kappa shape index (κ2) is 7.17. The van der Waals surface area contributed by atoms with Gasteiger partial charge in [-0.25, -0.2) is 14.2 Å². The summed E-state index contributed by atoms with van der Waals surface area (Å²) in [6.07, 6.45) is 3.25. The number of imidazole rings is 1. The number of hydrogen-bond acceptors (Lipinski definition) is 3. The Labute approximate surface area is 156 Å². The zero-order chi connectivity index (χ0) is 19.0. The maximum absolute atomic E-state index is 13.4. The molecule has 0 spiro atoms. The number of nitrogens with one attached hydrogen (secondary N) is 1. The van der Waals surface area contributed by atoms with Crippen molar-refractivity contribution in [2.24, 2.45) is 11.7 Å². The second-order valence-electron chi connectivity index (χ2n) is 7.51. The lowest BCUT2D eigenvalue weighted by atomic mass is 9.92. The minimum absolute atomic E-state index is 0.117. The largest absolute Gasteiger partial charge is 0.351 e. The van der Waals surface area contributed by atoms with Gasteiger partial charge in [0.1, 0.15) is 11.6 Å². The summed E-state index contributed by atoms with van der Waals surface area (Å²) in [5, 5.41) is 0. The molecule has 2 aliphatic heterocycles. The molecule has 4 rings (SSSR count). The van der Waals surface area contributed by atoms with Gasteiger partial charge in [0.15, 0.2) is 0 Å². The summed E-state index contributed by atoms with van der Waals surface area (Å²) in [7, 11) is 0. The normalized spacial score (nSPS) is 21.6. The fourth-order valence-electron chi connectivity index (χ4n) is 4.21. The number of rotatable bonds is 2. The Hall–Kier alpha value is -2.64. The molecule has 0 aliphatic carbocycles. The van der Waals surface area contributed by atoms with Crippen LogP contribution in [0.4, 0.5) is 9.18 Å². The van der Waals surface area contributed by atoms with E-state index in [9.17, 15) is 14.0 Å². The minimum atomic E-state index is -0.451. The van der Waals surface area contributed by atoms with Gasteiger partial charge < -0.3 is 20.5 Å². The minimum Gasteiger partial charge on any atom is -0.351 e. The summed E-state index contributed by atoms with van der Waals surface area (Å²) in [6.45, 7) is 2.39. The van der Waals surface area contributed by atoms with Crippen LogP contribution in [0.15, 0.2) is 18.2 Å². The molecular formula is C19H24FN5O2. The lowest BCUT2D eigenvalue weighted by Crippen LogP contribution is -2.49. The number of likely N-dealkylation sites (tertiary alicyclic amines) is 2. The van der Waals surface area contributed by atoms with Gasteiger partial charge in [0.25, 0.3) is 0 Å². The number of hydrogen-bond donors (Lipinski definition) is 2. The molecule has 3 amide bonds. The van der Waals surface area contributed by atoms with Gasteiger partial charge in [0, 0.05) is 32.1 Å². The van der Waals surface area contributed by atoms with Crippen LogP contribution in [0.3, 0.4) is 0 Å². The fourth-order valence-corrected chi connectivity index (χ4v) is 4.21. The highest BCUT2D eigenvalue weighted by atomic mass is 19.1. The number of fused-ring (bicyclic) bond motifs is 1. The van der Waals surface area contributed by atoms with Crippen molar-refractivity contribution in [1.29, 1.82) is 0 Å². The average molecular weight is 373 g/mol. The molecule has 8 heteroatoms. The molecule has 2 aliphatic rings. The van der Waals surface area contributed by atoms with Gasteiger partial charge in [0.05, 0.1) is 17.0 Å². The number of aromatic nitrogens is 2. The van der Waals surface area contributed by atoms with Crippen molar-refractivity contribution in [1.82, 2.24) is 19.8 Å². The highest BCUT2D eigenvalue weighted by Crippen LogP contribution is 2.29. The lowest BCUT2D eigenvalue weighted by Gasteiger charge is -2.37. The summed E-state index contributed by atoms with van der Waals surface area (Å²) in [5.41, 5.74) is 6.83.